The number of carbonyl (C=O) groups excluding carboxylic acids is 1. The van der Waals surface area contributed by atoms with Crippen molar-refractivity contribution in [2.24, 2.45) is 0 Å². The Bertz CT molecular complexity index is 813. The second-order valence-electron chi connectivity index (χ2n) is 5.91. The van der Waals surface area contributed by atoms with Gasteiger partial charge in [-0.25, -0.2) is 4.98 Å². The Morgan fingerprint density at radius 2 is 2.40 bits per heavy atom. The second-order valence-corrected chi connectivity index (χ2v) is 7.82. The standard InChI is InChI=1S/C18H19N3O2S2/c1-3-23-16(22)11-25-18-12(9-19)17(15-5-4-8-24-15)13-10-21(2)7-6-14(13)20-18/h4-5,8H,3,6-7,10-11H2,1-2H3/p+1. The molecule has 0 amide bonds. The van der Waals surface area contributed by atoms with Crippen LogP contribution in [0.3, 0.4) is 0 Å². The van der Waals surface area contributed by atoms with Gasteiger partial charge in [-0.2, -0.15) is 5.26 Å². The van der Waals surface area contributed by atoms with Crippen molar-refractivity contribution in [2.45, 2.75) is 24.9 Å². The van der Waals surface area contributed by atoms with Gasteiger partial charge >= 0.3 is 5.97 Å². The summed E-state index contributed by atoms with van der Waals surface area (Å²) in [6.07, 6.45) is 0.887. The molecule has 1 N–H and O–H groups in total. The molecular weight excluding hydrogens is 354 g/mol. The van der Waals surface area contributed by atoms with E-state index in [0.29, 0.717) is 17.2 Å². The molecule has 25 heavy (non-hydrogen) atoms. The number of aromatic nitrogens is 1. The van der Waals surface area contributed by atoms with Crippen molar-refractivity contribution in [3.63, 3.8) is 0 Å². The number of pyridine rings is 1. The molecule has 0 radical (unpaired) electrons. The number of hydrogen-bond acceptors (Lipinski definition) is 6. The van der Waals surface area contributed by atoms with Crippen molar-refractivity contribution < 1.29 is 14.4 Å². The highest BCUT2D eigenvalue weighted by Gasteiger charge is 2.27. The Morgan fingerprint density at radius 1 is 1.56 bits per heavy atom. The number of nitriles is 1. The summed E-state index contributed by atoms with van der Waals surface area (Å²) >= 11 is 2.93. The average molecular weight is 375 g/mol. The fourth-order valence-electron chi connectivity index (χ4n) is 3.00. The Morgan fingerprint density at radius 3 is 3.08 bits per heavy atom. The Hall–Kier alpha value is -1.88. The third-order valence-electron chi connectivity index (χ3n) is 4.13. The van der Waals surface area contributed by atoms with Gasteiger partial charge in [-0.15, -0.1) is 11.3 Å². The molecule has 3 heterocycles. The maximum absolute atomic E-state index is 11.7. The zero-order valence-corrected chi connectivity index (χ0v) is 15.9. The number of likely N-dealkylation sites (N-methyl/N-ethyl adjacent to an activating group) is 1. The van der Waals surface area contributed by atoms with Gasteiger partial charge in [-0.1, -0.05) is 17.8 Å². The molecule has 7 heteroatoms. The molecule has 0 saturated heterocycles. The van der Waals surface area contributed by atoms with Crippen LogP contribution in [0.2, 0.25) is 0 Å². The first-order chi connectivity index (χ1) is 12.1. The van der Waals surface area contributed by atoms with E-state index in [0.717, 1.165) is 35.6 Å². The first kappa shape index (κ1) is 17.9. The summed E-state index contributed by atoms with van der Waals surface area (Å²) in [7, 11) is 2.16. The van der Waals surface area contributed by atoms with Gasteiger partial charge in [-0.05, 0) is 18.4 Å². The number of hydrogen-bond donors (Lipinski definition) is 1. The van der Waals surface area contributed by atoms with Crippen LogP contribution in [0.5, 0.6) is 0 Å². The van der Waals surface area contributed by atoms with E-state index in [9.17, 15) is 10.1 Å². The minimum absolute atomic E-state index is 0.170. The lowest BCUT2D eigenvalue weighted by molar-refractivity contribution is -0.895. The van der Waals surface area contributed by atoms with Gasteiger partial charge < -0.3 is 9.64 Å². The molecule has 130 valence electrons. The lowest BCUT2D eigenvalue weighted by Crippen LogP contribution is -3.08. The van der Waals surface area contributed by atoms with Crippen LogP contribution in [0.4, 0.5) is 0 Å². The van der Waals surface area contributed by atoms with Crippen molar-refractivity contribution in [3.8, 4) is 16.5 Å². The highest BCUT2D eigenvalue weighted by Crippen LogP contribution is 2.37. The Kier molecular flexibility index (Phi) is 5.74. The Balaban J connectivity index is 2.06. The molecule has 0 aromatic carbocycles. The van der Waals surface area contributed by atoms with Crippen molar-refractivity contribution in [3.05, 3.63) is 34.3 Å². The van der Waals surface area contributed by atoms with Crippen LogP contribution in [0.1, 0.15) is 23.7 Å². The van der Waals surface area contributed by atoms with Crippen LogP contribution in [-0.4, -0.2) is 36.9 Å². The maximum atomic E-state index is 11.7. The number of carbonyl (C=O) groups is 1. The van der Waals surface area contributed by atoms with E-state index in [-0.39, 0.29) is 11.7 Å². The van der Waals surface area contributed by atoms with E-state index >= 15 is 0 Å². The van der Waals surface area contributed by atoms with E-state index in [2.05, 4.69) is 13.1 Å². The molecular formula is C18H20N3O2S2+. The van der Waals surface area contributed by atoms with Crippen LogP contribution in [0.15, 0.2) is 22.5 Å². The number of nitrogens with one attached hydrogen (secondary N) is 1. The number of fused-ring (bicyclic) bond motifs is 1. The Labute approximate surface area is 155 Å². The zero-order valence-electron chi connectivity index (χ0n) is 14.3. The fraction of sp³-hybridized carbons (Fsp3) is 0.389. The van der Waals surface area contributed by atoms with Gasteiger partial charge in [0.25, 0.3) is 0 Å². The quantitative estimate of drug-likeness (QED) is 0.640. The summed E-state index contributed by atoms with van der Waals surface area (Å²) in [5, 5.41) is 12.5. The molecule has 2 aromatic heterocycles. The zero-order chi connectivity index (χ0) is 17.8. The summed E-state index contributed by atoms with van der Waals surface area (Å²) in [4.78, 5) is 19.0. The van der Waals surface area contributed by atoms with Gasteiger partial charge in [0, 0.05) is 22.4 Å². The van der Waals surface area contributed by atoms with Gasteiger partial charge in [0.05, 0.1) is 37.2 Å². The predicted octanol–water partition coefficient (Wildman–Crippen LogP) is 1.91. The van der Waals surface area contributed by atoms with Gasteiger partial charge in [0.1, 0.15) is 17.6 Å². The third-order valence-corrected chi connectivity index (χ3v) is 5.97. The van der Waals surface area contributed by atoms with Crippen molar-refractivity contribution >= 4 is 29.1 Å². The van der Waals surface area contributed by atoms with Crippen LogP contribution in [0.25, 0.3) is 10.4 Å². The average Bonchev–Trinajstić information content (AvgIpc) is 3.13. The first-order valence-corrected chi connectivity index (χ1v) is 10.1. The molecule has 0 bridgehead atoms. The molecule has 5 nitrogen and oxygen atoms in total. The lowest BCUT2D eigenvalue weighted by Gasteiger charge is -2.25. The van der Waals surface area contributed by atoms with Crippen molar-refractivity contribution in [1.29, 1.82) is 5.26 Å². The molecule has 0 saturated carbocycles. The van der Waals surface area contributed by atoms with Crippen LogP contribution >= 0.6 is 23.1 Å². The summed E-state index contributed by atoms with van der Waals surface area (Å²) in [6.45, 7) is 4.04. The van der Waals surface area contributed by atoms with E-state index in [1.165, 1.54) is 22.2 Å². The van der Waals surface area contributed by atoms with Crippen molar-refractivity contribution in [1.82, 2.24) is 4.98 Å². The fourth-order valence-corrected chi connectivity index (χ4v) is 4.61. The van der Waals surface area contributed by atoms with Gasteiger partial charge in [-0.3, -0.25) is 4.79 Å². The number of rotatable bonds is 5. The smallest absolute Gasteiger partial charge is 0.316 e. The molecule has 2 aromatic rings. The van der Waals surface area contributed by atoms with E-state index in [1.807, 2.05) is 17.5 Å². The number of esters is 1. The number of quaternary nitrogens is 1. The van der Waals surface area contributed by atoms with Crippen LogP contribution in [-0.2, 0) is 22.5 Å². The van der Waals surface area contributed by atoms with Crippen LogP contribution < -0.4 is 4.90 Å². The molecule has 0 spiro atoms. The van der Waals surface area contributed by atoms with Crippen LogP contribution in [0, 0.1) is 11.3 Å². The second kappa shape index (κ2) is 8.00. The van der Waals surface area contributed by atoms with Gasteiger partial charge in [0.2, 0.25) is 0 Å². The number of thioether (sulfide) groups is 1. The molecule has 1 unspecified atom stereocenters. The topological polar surface area (TPSA) is 67.4 Å². The van der Waals surface area contributed by atoms with Crippen molar-refractivity contribution in [2.75, 3.05) is 26.0 Å². The molecule has 1 aliphatic rings. The molecule has 1 atom stereocenters. The lowest BCUT2D eigenvalue weighted by atomic mass is 9.96. The molecule has 0 fully saturated rings. The number of thiophene rings is 1. The highest BCUT2D eigenvalue weighted by atomic mass is 32.2. The van der Waals surface area contributed by atoms with Gasteiger partial charge in [0.15, 0.2) is 0 Å². The summed E-state index contributed by atoms with van der Waals surface area (Å²) in [5.74, 6) is -0.110. The predicted molar refractivity (Wildman–Crippen MR) is 98.8 cm³/mol. The SMILES string of the molecule is CCOC(=O)CSc1nc2c(c(-c3cccs3)c1C#N)C[NH+](C)CC2. The van der Waals surface area contributed by atoms with E-state index in [4.69, 9.17) is 9.72 Å². The first-order valence-electron chi connectivity index (χ1n) is 8.23. The molecule has 1 aliphatic heterocycles. The molecule has 0 aliphatic carbocycles. The third kappa shape index (κ3) is 3.87. The number of nitrogens with zero attached hydrogens (tertiary/aromatic N) is 2. The highest BCUT2D eigenvalue weighted by molar-refractivity contribution is 7.99. The largest absolute Gasteiger partial charge is 0.465 e. The minimum Gasteiger partial charge on any atom is -0.465 e. The molecule has 3 rings (SSSR count). The summed E-state index contributed by atoms with van der Waals surface area (Å²) in [5.41, 5.74) is 3.79. The summed E-state index contributed by atoms with van der Waals surface area (Å²) < 4.78 is 4.99. The minimum atomic E-state index is -0.280. The number of ether oxygens (including phenoxy) is 1. The maximum Gasteiger partial charge on any atom is 0.316 e. The van der Waals surface area contributed by atoms with E-state index in [1.54, 1.807) is 18.3 Å². The normalized spacial score (nSPS) is 16.1. The summed E-state index contributed by atoms with van der Waals surface area (Å²) in [6, 6.07) is 6.38. The van der Waals surface area contributed by atoms with E-state index < -0.39 is 0 Å². The monoisotopic (exact) mass is 374 g/mol.